The number of nitrogens with zero attached hydrogens (tertiary/aromatic N) is 2. The van der Waals surface area contributed by atoms with Crippen LogP contribution in [-0.4, -0.2) is 29.7 Å². The molecule has 0 aliphatic heterocycles. The van der Waals surface area contributed by atoms with Crippen molar-refractivity contribution < 1.29 is 23.6 Å². The summed E-state index contributed by atoms with van der Waals surface area (Å²) in [5.74, 6) is -0.713. The van der Waals surface area contributed by atoms with E-state index in [1.165, 1.54) is 6.92 Å². The van der Waals surface area contributed by atoms with E-state index >= 15 is 0 Å². The fraction of sp³-hybridized carbons (Fsp3) is 0.182. The summed E-state index contributed by atoms with van der Waals surface area (Å²) >= 11 is 0. The lowest BCUT2D eigenvalue weighted by atomic mass is 10.1. The molecule has 30 heavy (non-hydrogen) atoms. The summed E-state index contributed by atoms with van der Waals surface area (Å²) in [7, 11) is 0. The third-order valence-electron chi connectivity index (χ3n) is 4.09. The molecule has 3 rings (SSSR count). The van der Waals surface area contributed by atoms with E-state index < -0.39 is 24.6 Å². The number of aryl methyl sites for hydroxylation is 1. The lowest BCUT2D eigenvalue weighted by Gasteiger charge is -2.13. The molecule has 1 amide bonds. The molecule has 0 radical (unpaired) electrons. The Kier molecular flexibility index (Phi) is 6.45. The highest BCUT2D eigenvalue weighted by atomic mass is 16.6. The zero-order chi connectivity index (χ0) is 21.5. The summed E-state index contributed by atoms with van der Waals surface area (Å²) in [6.07, 6.45) is -0.927. The van der Waals surface area contributed by atoms with Crippen LogP contribution in [0.1, 0.15) is 18.1 Å². The van der Waals surface area contributed by atoms with Gasteiger partial charge < -0.3 is 14.0 Å². The molecule has 1 heterocycles. The minimum Gasteiger partial charge on any atom is -0.479 e. The quantitative estimate of drug-likeness (QED) is 0.599. The van der Waals surface area contributed by atoms with Crippen LogP contribution in [-0.2, 0) is 14.3 Å². The van der Waals surface area contributed by atoms with Gasteiger partial charge in [-0.15, -0.1) is 0 Å². The number of esters is 1. The van der Waals surface area contributed by atoms with Crippen molar-refractivity contribution in [2.24, 2.45) is 0 Å². The lowest BCUT2D eigenvalue weighted by molar-refractivity contribution is -0.153. The maximum absolute atomic E-state index is 12.0. The number of benzene rings is 2. The molecule has 0 fully saturated rings. The van der Waals surface area contributed by atoms with Gasteiger partial charge in [-0.3, -0.25) is 10.1 Å². The summed E-state index contributed by atoms with van der Waals surface area (Å²) in [5, 5.41) is 15.2. The predicted octanol–water partition coefficient (Wildman–Crippen LogP) is 3.47. The van der Waals surface area contributed by atoms with Crippen LogP contribution in [0.15, 0.2) is 59.1 Å². The molecular formula is C22H19N3O5. The van der Waals surface area contributed by atoms with Gasteiger partial charge in [0.1, 0.15) is 11.4 Å². The second-order valence-electron chi connectivity index (χ2n) is 6.49. The van der Waals surface area contributed by atoms with Crippen molar-refractivity contribution in [3.8, 4) is 23.1 Å². The van der Waals surface area contributed by atoms with Gasteiger partial charge in [-0.2, -0.15) is 5.26 Å². The van der Waals surface area contributed by atoms with Crippen LogP contribution in [0.4, 0.5) is 5.88 Å². The summed E-state index contributed by atoms with van der Waals surface area (Å²) in [4.78, 5) is 24.0. The first-order valence-electron chi connectivity index (χ1n) is 9.11. The Balaban J connectivity index is 1.47. The number of rotatable bonds is 7. The van der Waals surface area contributed by atoms with Crippen LogP contribution < -0.4 is 10.1 Å². The Morgan fingerprint density at radius 2 is 1.87 bits per heavy atom. The van der Waals surface area contributed by atoms with Crippen molar-refractivity contribution in [3.05, 3.63) is 65.7 Å². The van der Waals surface area contributed by atoms with Crippen LogP contribution in [0.5, 0.6) is 5.75 Å². The molecule has 0 saturated heterocycles. The van der Waals surface area contributed by atoms with Gasteiger partial charge in [-0.1, -0.05) is 35.0 Å². The number of nitriles is 1. The zero-order valence-corrected chi connectivity index (χ0v) is 16.4. The van der Waals surface area contributed by atoms with Crippen LogP contribution >= 0.6 is 0 Å². The highest BCUT2D eigenvalue weighted by Gasteiger charge is 2.18. The first-order chi connectivity index (χ1) is 14.4. The molecule has 3 aromatic rings. The Hall–Kier alpha value is -4.12. The van der Waals surface area contributed by atoms with Gasteiger partial charge in [-0.25, -0.2) is 4.79 Å². The number of anilines is 1. The summed E-state index contributed by atoms with van der Waals surface area (Å²) in [5.41, 5.74) is 3.03. The maximum Gasteiger partial charge on any atom is 0.347 e. The van der Waals surface area contributed by atoms with E-state index in [9.17, 15) is 9.59 Å². The first kappa shape index (κ1) is 20.6. The average Bonchev–Trinajstić information content (AvgIpc) is 3.21. The monoisotopic (exact) mass is 405 g/mol. The van der Waals surface area contributed by atoms with E-state index in [1.54, 1.807) is 30.3 Å². The number of carbonyl (C=O) groups is 2. The van der Waals surface area contributed by atoms with Crippen molar-refractivity contribution in [1.82, 2.24) is 5.16 Å². The van der Waals surface area contributed by atoms with Crippen LogP contribution in [0.2, 0.25) is 0 Å². The fourth-order valence-corrected chi connectivity index (χ4v) is 2.48. The van der Waals surface area contributed by atoms with E-state index in [1.807, 2.05) is 37.3 Å². The number of aromatic nitrogens is 1. The van der Waals surface area contributed by atoms with Gasteiger partial charge >= 0.3 is 5.97 Å². The molecule has 8 nitrogen and oxygen atoms in total. The van der Waals surface area contributed by atoms with Crippen LogP contribution in [0.3, 0.4) is 0 Å². The lowest BCUT2D eigenvalue weighted by Crippen LogP contribution is -2.29. The minimum absolute atomic E-state index is 0.147. The minimum atomic E-state index is -0.927. The van der Waals surface area contributed by atoms with E-state index in [4.69, 9.17) is 19.3 Å². The van der Waals surface area contributed by atoms with Crippen molar-refractivity contribution in [3.63, 3.8) is 0 Å². The Bertz CT molecular complexity index is 1070. The molecule has 0 spiro atoms. The van der Waals surface area contributed by atoms with Crippen molar-refractivity contribution in [2.45, 2.75) is 20.0 Å². The van der Waals surface area contributed by atoms with Gasteiger partial charge in [-0.05, 0) is 38.1 Å². The maximum atomic E-state index is 12.0. The zero-order valence-electron chi connectivity index (χ0n) is 16.4. The van der Waals surface area contributed by atoms with Gasteiger partial charge in [0, 0.05) is 11.6 Å². The standard InChI is InChI=1S/C22H19N3O5/c1-14-3-7-17(8-4-14)19-11-21(30-25-19)24-20(26)13-28-22(27)15(2)29-18-9-5-16(12-23)6-10-18/h3-11,15H,13H2,1-2H3,(H,24,26)/t15-/m0/s1. The third-order valence-corrected chi connectivity index (χ3v) is 4.09. The fourth-order valence-electron chi connectivity index (χ4n) is 2.48. The number of ether oxygens (including phenoxy) is 2. The average molecular weight is 405 g/mol. The molecule has 0 unspecified atom stereocenters. The first-order valence-corrected chi connectivity index (χ1v) is 9.11. The molecule has 0 aliphatic rings. The summed E-state index contributed by atoms with van der Waals surface area (Å²) in [6, 6.07) is 17.6. The highest BCUT2D eigenvalue weighted by Crippen LogP contribution is 2.22. The third kappa shape index (κ3) is 5.45. The molecule has 1 N–H and O–H groups in total. The number of hydrogen-bond donors (Lipinski definition) is 1. The second kappa shape index (κ2) is 9.39. The van der Waals surface area contributed by atoms with Gasteiger partial charge in [0.05, 0.1) is 11.6 Å². The Morgan fingerprint density at radius 3 is 2.53 bits per heavy atom. The molecule has 0 saturated carbocycles. The number of amides is 1. The normalized spacial score (nSPS) is 11.2. The molecular weight excluding hydrogens is 386 g/mol. The van der Waals surface area contributed by atoms with Crippen molar-refractivity contribution in [2.75, 3.05) is 11.9 Å². The molecule has 152 valence electrons. The van der Waals surface area contributed by atoms with Gasteiger partial charge in [0.15, 0.2) is 12.7 Å². The number of hydrogen-bond acceptors (Lipinski definition) is 7. The molecule has 8 heteroatoms. The summed E-state index contributed by atoms with van der Waals surface area (Å²) < 4.78 is 15.5. The van der Waals surface area contributed by atoms with Gasteiger partial charge in [0.2, 0.25) is 5.88 Å². The van der Waals surface area contributed by atoms with E-state index in [0.29, 0.717) is 17.0 Å². The van der Waals surface area contributed by atoms with E-state index in [-0.39, 0.29) is 5.88 Å². The Labute approximate surface area is 173 Å². The number of nitrogens with one attached hydrogen (secondary N) is 1. The van der Waals surface area contributed by atoms with E-state index in [0.717, 1.165) is 11.1 Å². The molecule has 1 aromatic heterocycles. The van der Waals surface area contributed by atoms with E-state index in [2.05, 4.69) is 10.5 Å². The molecule has 0 bridgehead atoms. The largest absolute Gasteiger partial charge is 0.479 e. The predicted molar refractivity (Wildman–Crippen MR) is 108 cm³/mol. The smallest absolute Gasteiger partial charge is 0.347 e. The number of carbonyl (C=O) groups excluding carboxylic acids is 2. The SMILES string of the molecule is Cc1ccc(-c2cc(NC(=O)COC(=O)[C@H](C)Oc3ccc(C#N)cc3)on2)cc1. The van der Waals surface area contributed by atoms with Crippen LogP contribution in [0, 0.1) is 18.3 Å². The van der Waals surface area contributed by atoms with Crippen LogP contribution in [0.25, 0.3) is 11.3 Å². The van der Waals surface area contributed by atoms with Crippen molar-refractivity contribution >= 4 is 17.8 Å². The second-order valence-corrected chi connectivity index (χ2v) is 6.49. The Morgan fingerprint density at radius 1 is 1.17 bits per heavy atom. The van der Waals surface area contributed by atoms with Gasteiger partial charge in [0.25, 0.3) is 5.91 Å². The summed E-state index contributed by atoms with van der Waals surface area (Å²) in [6.45, 7) is 2.99. The van der Waals surface area contributed by atoms with Crippen molar-refractivity contribution in [1.29, 1.82) is 5.26 Å². The molecule has 2 aromatic carbocycles. The topological polar surface area (TPSA) is 114 Å². The molecule has 1 atom stereocenters. The highest BCUT2D eigenvalue weighted by molar-refractivity contribution is 5.92. The molecule has 0 aliphatic carbocycles.